The molecule has 0 amide bonds. The number of rotatable bonds is 2. The molecule has 1 aliphatic carbocycles. The molecule has 0 spiro atoms. The maximum atomic E-state index is 5.81. The highest BCUT2D eigenvalue weighted by Gasteiger charge is 2.44. The van der Waals surface area contributed by atoms with Gasteiger partial charge in [0, 0.05) is 6.61 Å². The average Bonchev–Trinajstić information content (AvgIpc) is 2.63. The Morgan fingerprint density at radius 1 is 1.17 bits per heavy atom. The summed E-state index contributed by atoms with van der Waals surface area (Å²) in [5.41, 5.74) is 0. The Bertz CT molecular complexity index is 139. The molecule has 0 radical (unpaired) electrons. The van der Waals surface area contributed by atoms with Crippen LogP contribution in [-0.2, 0) is 4.74 Å². The highest BCUT2D eigenvalue weighted by molar-refractivity contribution is 4.93. The van der Waals surface area contributed by atoms with E-state index < -0.39 is 0 Å². The van der Waals surface area contributed by atoms with E-state index in [1.165, 1.54) is 25.7 Å². The molecule has 0 aromatic carbocycles. The summed E-state index contributed by atoms with van der Waals surface area (Å²) in [6, 6.07) is 0. The van der Waals surface area contributed by atoms with Crippen LogP contribution in [0.25, 0.3) is 0 Å². The molecule has 0 N–H and O–H groups in total. The van der Waals surface area contributed by atoms with Gasteiger partial charge in [0.15, 0.2) is 0 Å². The van der Waals surface area contributed by atoms with Gasteiger partial charge < -0.3 is 4.74 Å². The van der Waals surface area contributed by atoms with E-state index >= 15 is 0 Å². The van der Waals surface area contributed by atoms with E-state index in [9.17, 15) is 0 Å². The van der Waals surface area contributed by atoms with E-state index in [-0.39, 0.29) is 0 Å². The van der Waals surface area contributed by atoms with Gasteiger partial charge in [-0.05, 0) is 30.6 Å². The average molecular weight is 168 g/mol. The summed E-state index contributed by atoms with van der Waals surface area (Å²) in [7, 11) is 0. The van der Waals surface area contributed by atoms with Gasteiger partial charge in [-0.25, -0.2) is 0 Å². The summed E-state index contributed by atoms with van der Waals surface area (Å²) >= 11 is 0. The van der Waals surface area contributed by atoms with Crippen molar-refractivity contribution in [2.75, 3.05) is 6.61 Å². The summed E-state index contributed by atoms with van der Waals surface area (Å²) < 4.78 is 5.81. The SMILES string of the molecule is CCC1CC(CC)C2OCCC12. The van der Waals surface area contributed by atoms with Crippen LogP contribution < -0.4 is 0 Å². The molecule has 2 rings (SSSR count). The van der Waals surface area contributed by atoms with Crippen molar-refractivity contribution in [1.82, 2.24) is 0 Å². The Labute approximate surface area is 75.5 Å². The maximum absolute atomic E-state index is 5.81. The predicted molar refractivity (Wildman–Crippen MR) is 50.0 cm³/mol. The fraction of sp³-hybridized carbons (Fsp3) is 1.00. The lowest BCUT2D eigenvalue weighted by atomic mass is 9.91. The molecule has 4 atom stereocenters. The van der Waals surface area contributed by atoms with E-state index in [0.717, 1.165) is 24.4 Å². The van der Waals surface area contributed by atoms with Gasteiger partial charge in [-0.2, -0.15) is 0 Å². The molecular weight excluding hydrogens is 148 g/mol. The lowest BCUT2D eigenvalue weighted by molar-refractivity contribution is 0.0636. The number of ether oxygens (including phenoxy) is 1. The maximum Gasteiger partial charge on any atom is 0.0634 e. The molecule has 1 nitrogen and oxygen atoms in total. The Hall–Kier alpha value is -0.0400. The monoisotopic (exact) mass is 168 g/mol. The fourth-order valence-corrected chi connectivity index (χ4v) is 3.18. The van der Waals surface area contributed by atoms with Crippen molar-refractivity contribution in [1.29, 1.82) is 0 Å². The van der Waals surface area contributed by atoms with Gasteiger partial charge in [-0.1, -0.05) is 26.7 Å². The summed E-state index contributed by atoms with van der Waals surface area (Å²) in [5, 5.41) is 0. The molecule has 4 unspecified atom stereocenters. The fourth-order valence-electron chi connectivity index (χ4n) is 3.18. The molecule has 0 aromatic heterocycles. The zero-order chi connectivity index (χ0) is 8.55. The quantitative estimate of drug-likeness (QED) is 0.616. The highest BCUT2D eigenvalue weighted by Crippen LogP contribution is 2.46. The standard InChI is InChI=1S/C11H20O/c1-3-8-7-9(4-2)11-10(8)5-6-12-11/h8-11H,3-7H2,1-2H3. The first-order valence-electron chi connectivity index (χ1n) is 5.48. The molecule has 2 aliphatic rings. The van der Waals surface area contributed by atoms with E-state index in [0.29, 0.717) is 6.10 Å². The van der Waals surface area contributed by atoms with Crippen LogP contribution in [0.4, 0.5) is 0 Å². The van der Waals surface area contributed by atoms with Crippen molar-refractivity contribution in [3.8, 4) is 0 Å². The molecule has 12 heavy (non-hydrogen) atoms. The van der Waals surface area contributed by atoms with Crippen LogP contribution >= 0.6 is 0 Å². The second-order valence-electron chi connectivity index (χ2n) is 4.36. The van der Waals surface area contributed by atoms with Crippen LogP contribution in [-0.4, -0.2) is 12.7 Å². The molecule has 0 bridgehead atoms. The second kappa shape index (κ2) is 3.37. The van der Waals surface area contributed by atoms with Crippen LogP contribution in [0.1, 0.15) is 39.5 Å². The van der Waals surface area contributed by atoms with Crippen molar-refractivity contribution in [3.63, 3.8) is 0 Å². The zero-order valence-electron chi connectivity index (χ0n) is 8.25. The van der Waals surface area contributed by atoms with E-state index in [2.05, 4.69) is 13.8 Å². The zero-order valence-corrected chi connectivity index (χ0v) is 8.25. The minimum absolute atomic E-state index is 0.639. The molecule has 1 heterocycles. The van der Waals surface area contributed by atoms with Crippen molar-refractivity contribution in [3.05, 3.63) is 0 Å². The van der Waals surface area contributed by atoms with Crippen LogP contribution in [0.2, 0.25) is 0 Å². The van der Waals surface area contributed by atoms with Crippen molar-refractivity contribution in [2.24, 2.45) is 17.8 Å². The Morgan fingerprint density at radius 2 is 1.92 bits per heavy atom. The topological polar surface area (TPSA) is 9.23 Å². The third-order valence-corrected chi connectivity index (χ3v) is 3.91. The van der Waals surface area contributed by atoms with Gasteiger partial charge in [0.25, 0.3) is 0 Å². The van der Waals surface area contributed by atoms with Gasteiger partial charge in [-0.3, -0.25) is 0 Å². The molecule has 0 aromatic rings. The smallest absolute Gasteiger partial charge is 0.0634 e. The van der Waals surface area contributed by atoms with Crippen molar-refractivity contribution >= 4 is 0 Å². The third kappa shape index (κ3) is 1.19. The lowest BCUT2D eigenvalue weighted by Gasteiger charge is -2.15. The molecule has 1 saturated heterocycles. The van der Waals surface area contributed by atoms with E-state index in [4.69, 9.17) is 4.74 Å². The first kappa shape index (κ1) is 8.55. The van der Waals surface area contributed by atoms with Gasteiger partial charge in [0.05, 0.1) is 6.10 Å². The lowest BCUT2D eigenvalue weighted by Crippen LogP contribution is -2.18. The summed E-state index contributed by atoms with van der Waals surface area (Å²) in [5.74, 6) is 2.77. The van der Waals surface area contributed by atoms with Gasteiger partial charge in [0.2, 0.25) is 0 Å². The van der Waals surface area contributed by atoms with Gasteiger partial charge in [-0.15, -0.1) is 0 Å². The molecule has 1 heteroatoms. The molecule has 2 fully saturated rings. The molecule has 1 saturated carbocycles. The Morgan fingerprint density at radius 3 is 2.58 bits per heavy atom. The molecular formula is C11H20O. The number of hydrogen-bond acceptors (Lipinski definition) is 1. The second-order valence-corrected chi connectivity index (χ2v) is 4.36. The largest absolute Gasteiger partial charge is 0.378 e. The van der Waals surface area contributed by atoms with Crippen LogP contribution in [0.5, 0.6) is 0 Å². The first-order valence-corrected chi connectivity index (χ1v) is 5.48. The Balaban J connectivity index is 2.05. The third-order valence-electron chi connectivity index (χ3n) is 3.91. The van der Waals surface area contributed by atoms with Crippen LogP contribution in [0.15, 0.2) is 0 Å². The van der Waals surface area contributed by atoms with Crippen LogP contribution in [0, 0.1) is 17.8 Å². The van der Waals surface area contributed by atoms with E-state index in [1.54, 1.807) is 0 Å². The number of hydrogen-bond donors (Lipinski definition) is 0. The summed E-state index contributed by atoms with van der Waals surface area (Å²) in [6.45, 7) is 5.67. The van der Waals surface area contributed by atoms with E-state index in [1.807, 2.05) is 0 Å². The predicted octanol–water partition coefficient (Wildman–Crippen LogP) is 2.85. The first-order chi connectivity index (χ1) is 5.86. The van der Waals surface area contributed by atoms with Crippen molar-refractivity contribution < 1.29 is 4.74 Å². The summed E-state index contributed by atoms with van der Waals surface area (Å²) in [6.07, 6.45) is 6.08. The normalized spacial score (nSPS) is 46.5. The minimum Gasteiger partial charge on any atom is -0.378 e. The molecule has 70 valence electrons. The van der Waals surface area contributed by atoms with Crippen LogP contribution in [0.3, 0.4) is 0 Å². The minimum atomic E-state index is 0.639. The molecule has 1 aliphatic heterocycles. The Kier molecular flexibility index (Phi) is 2.40. The summed E-state index contributed by atoms with van der Waals surface area (Å²) in [4.78, 5) is 0. The number of fused-ring (bicyclic) bond motifs is 1. The highest BCUT2D eigenvalue weighted by atomic mass is 16.5. The van der Waals surface area contributed by atoms with Gasteiger partial charge >= 0.3 is 0 Å². The van der Waals surface area contributed by atoms with Gasteiger partial charge in [0.1, 0.15) is 0 Å². The van der Waals surface area contributed by atoms with Crippen molar-refractivity contribution in [2.45, 2.75) is 45.6 Å².